The highest BCUT2D eigenvalue weighted by Gasteiger charge is 2.03. The van der Waals surface area contributed by atoms with Gasteiger partial charge in [-0.05, 0) is 37.6 Å². The third kappa shape index (κ3) is 4.05. The monoisotopic (exact) mass is 270 g/mol. The van der Waals surface area contributed by atoms with Gasteiger partial charge in [0.1, 0.15) is 5.82 Å². The Labute approximate surface area is 118 Å². The van der Waals surface area contributed by atoms with Crippen LogP contribution in [0.5, 0.6) is 0 Å². The highest BCUT2D eigenvalue weighted by atomic mass is 16.1. The van der Waals surface area contributed by atoms with Gasteiger partial charge in [0.25, 0.3) is 5.91 Å². The number of aryl methyl sites for hydroxylation is 2. The SMILES string of the molecule is Cc1ccc(C(=O)NCCNc2cc(C)cnn2)cc1. The van der Waals surface area contributed by atoms with Crippen molar-refractivity contribution in [3.63, 3.8) is 0 Å². The van der Waals surface area contributed by atoms with E-state index in [4.69, 9.17) is 0 Å². The molecule has 0 atom stereocenters. The fourth-order valence-corrected chi connectivity index (χ4v) is 1.72. The molecule has 0 spiro atoms. The molecule has 0 aliphatic heterocycles. The molecule has 0 aliphatic rings. The maximum Gasteiger partial charge on any atom is 0.251 e. The van der Waals surface area contributed by atoms with Gasteiger partial charge in [-0.15, -0.1) is 5.10 Å². The Morgan fingerprint density at radius 2 is 1.85 bits per heavy atom. The Morgan fingerprint density at radius 3 is 2.55 bits per heavy atom. The highest BCUT2D eigenvalue weighted by Crippen LogP contribution is 2.03. The molecule has 2 N–H and O–H groups in total. The maximum atomic E-state index is 11.9. The zero-order valence-corrected chi connectivity index (χ0v) is 11.7. The number of nitrogens with zero attached hydrogens (tertiary/aromatic N) is 2. The first-order chi connectivity index (χ1) is 9.65. The van der Waals surface area contributed by atoms with Gasteiger partial charge in [0.05, 0.1) is 6.20 Å². The van der Waals surface area contributed by atoms with Crippen LogP contribution in [-0.4, -0.2) is 29.2 Å². The molecule has 0 bridgehead atoms. The summed E-state index contributed by atoms with van der Waals surface area (Å²) >= 11 is 0. The summed E-state index contributed by atoms with van der Waals surface area (Å²) in [5, 5.41) is 13.8. The standard InChI is InChI=1S/C15H18N4O/c1-11-3-5-13(6-4-11)15(20)17-8-7-16-14-9-12(2)10-18-19-14/h3-6,9-10H,7-8H2,1-2H3,(H,16,19)(H,17,20). The minimum absolute atomic E-state index is 0.0675. The van der Waals surface area contributed by atoms with Crippen molar-refractivity contribution in [1.29, 1.82) is 0 Å². The van der Waals surface area contributed by atoms with E-state index in [1.54, 1.807) is 6.20 Å². The number of rotatable bonds is 5. The first kappa shape index (κ1) is 14.0. The number of carbonyl (C=O) groups excluding carboxylic acids is 1. The van der Waals surface area contributed by atoms with E-state index >= 15 is 0 Å². The second kappa shape index (κ2) is 6.65. The quantitative estimate of drug-likeness (QED) is 0.815. The van der Waals surface area contributed by atoms with Gasteiger partial charge in [-0.25, -0.2) is 0 Å². The van der Waals surface area contributed by atoms with E-state index in [0.29, 0.717) is 18.7 Å². The Kier molecular flexibility index (Phi) is 4.65. The molecule has 0 saturated heterocycles. The van der Waals surface area contributed by atoms with Crippen LogP contribution < -0.4 is 10.6 Å². The first-order valence-corrected chi connectivity index (χ1v) is 6.53. The fourth-order valence-electron chi connectivity index (χ4n) is 1.72. The summed E-state index contributed by atoms with van der Waals surface area (Å²) < 4.78 is 0. The molecule has 1 heterocycles. The van der Waals surface area contributed by atoms with Gasteiger partial charge in [0.15, 0.2) is 0 Å². The van der Waals surface area contributed by atoms with Crippen molar-refractivity contribution < 1.29 is 4.79 Å². The Morgan fingerprint density at radius 1 is 1.10 bits per heavy atom. The fraction of sp³-hybridized carbons (Fsp3) is 0.267. The van der Waals surface area contributed by atoms with E-state index in [-0.39, 0.29) is 5.91 Å². The van der Waals surface area contributed by atoms with Crippen molar-refractivity contribution in [2.45, 2.75) is 13.8 Å². The molecule has 104 valence electrons. The van der Waals surface area contributed by atoms with Crippen LogP contribution in [0.15, 0.2) is 36.5 Å². The minimum Gasteiger partial charge on any atom is -0.367 e. The summed E-state index contributed by atoms with van der Waals surface area (Å²) in [6.07, 6.45) is 1.70. The first-order valence-electron chi connectivity index (χ1n) is 6.53. The predicted molar refractivity (Wildman–Crippen MR) is 78.8 cm³/mol. The molecule has 5 heteroatoms. The summed E-state index contributed by atoms with van der Waals surface area (Å²) in [5.74, 6) is 0.650. The lowest BCUT2D eigenvalue weighted by atomic mass is 10.1. The topological polar surface area (TPSA) is 66.9 Å². The number of benzene rings is 1. The van der Waals surface area contributed by atoms with Crippen LogP contribution in [0.4, 0.5) is 5.82 Å². The lowest BCUT2D eigenvalue weighted by Crippen LogP contribution is -2.28. The van der Waals surface area contributed by atoms with Crippen LogP contribution in [0.1, 0.15) is 21.5 Å². The molecule has 0 unspecified atom stereocenters. The smallest absolute Gasteiger partial charge is 0.251 e. The summed E-state index contributed by atoms with van der Waals surface area (Å²) in [7, 11) is 0. The molecule has 0 aliphatic carbocycles. The zero-order chi connectivity index (χ0) is 14.4. The van der Waals surface area contributed by atoms with Crippen LogP contribution in [0, 0.1) is 13.8 Å². The summed E-state index contributed by atoms with van der Waals surface area (Å²) in [6, 6.07) is 9.41. The number of aromatic nitrogens is 2. The van der Waals surface area contributed by atoms with E-state index in [2.05, 4.69) is 20.8 Å². The van der Waals surface area contributed by atoms with E-state index in [1.807, 2.05) is 44.2 Å². The number of nitrogens with one attached hydrogen (secondary N) is 2. The maximum absolute atomic E-state index is 11.9. The third-order valence-electron chi connectivity index (χ3n) is 2.82. The van der Waals surface area contributed by atoms with Crippen LogP contribution in [0.3, 0.4) is 0 Å². The molecule has 0 saturated carbocycles. The Hall–Kier alpha value is -2.43. The van der Waals surface area contributed by atoms with Crippen molar-refractivity contribution in [2.24, 2.45) is 0 Å². The number of hydrogen-bond acceptors (Lipinski definition) is 4. The number of carbonyl (C=O) groups is 1. The number of anilines is 1. The molecule has 1 aromatic heterocycles. The number of hydrogen-bond donors (Lipinski definition) is 2. The molecule has 1 amide bonds. The zero-order valence-electron chi connectivity index (χ0n) is 11.7. The molecule has 20 heavy (non-hydrogen) atoms. The largest absolute Gasteiger partial charge is 0.367 e. The van der Waals surface area contributed by atoms with Crippen LogP contribution in [0.25, 0.3) is 0 Å². The van der Waals surface area contributed by atoms with Crippen LogP contribution in [0.2, 0.25) is 0 Å². The molecule has 1 aromatic carbocycles. The van der Waals surface area contributed by atoms with E-state index in [9.17, 15) is 4.79 Å². The summed E-state index contributed by atoms with van der Waals surface area (Å²) in [6.45, 7) is 5.09. The second-order valence-corrected chi connectivity index (χ2v) is 4.67. The summed E-state index contributed by atoms with van der Waals surface area (Å²) in [4.78, 5) is 11.9. The molecule has 2 aromatic rings. The second-order valence-electron chi connectivity index (χ2n) is 4.67. The van der Waals surface area contributed by atoms with Crippen LogP contribution in [-0.2, 0) is 0 Å². The van der Waals surface area contributed by atoms with Gasteiger partial charge >= 0.3 is 0 Å². The Bertz CT molecular complexity index is 581. The van der Waals surface area contributed by atoms with Crippen molar-refractivity contribution >= 4 is 11.7 Å². The minimum atomic E-state index is -0.0675. The third-order valence-corrected chi connectivity index (χ3v) is 2.82. The predicted octanol–water partition coefficient (Wildman–Crippen LogP) is 1.94. The average molecular weight is 270 g/mol. The highest BCUT2D eigenvalue weighted by molar-refractivity contribution is 5.94. The van der Waals surface area contributed by atoms with Gasteiger partial charge in [-0.1, -0.05) is 17.7 Å². The molecule has 0 fully saturated rings. The van der Waals surface area contributed by atoms with Gasteiger partial charge in [-0.3, -0.25) is 4.79 Å². The summed E-state index contributed by atoms with van der Waals surface area (Å²) in [5.41, 5.74) is 2.86. The van der Waals surface area contributed by atoms with Crippen molar-refractivity contribution in [1.82, 2.24) is 15.5 Å². The lowest BCUT2D eigenvalue weighted by molar-refractivity contribution is 0.0955. The molecular weight excluding hydrogens is 252 g/mol. The van der Waals surface area contributed by atoms with Crippen molar-refractivity contribution in [3.8, 4) is 0 Å². The molecule has 5 nitrogen and oxygen atoms in total. The molecule has 2 rings (SSSR count). The molecular formula is C15H18N4O. The Balaban J connectivity index is 1.76. The van der Waals surface area contributed by atoms with Gasteiger partial charge in [0.2, 0.25) is 0 Å². The van der Waals surface area contributed by atoms with E-state index in [0.717, 1.165) is 16.9 Å². The van der Waals surface area contributed by atoms with Gasteiger partial charge in [0, 0.05) is 18.7 Å². The van der Waals surface area contributed by atoms with E-state index in [1.165, 1.54) is 0 Å². The van der Waals surface area contributed by atoms with Crippen molar-refractivity contribution in [2.75, 3.05) is 18.4 Å². The van der Waals surface area contributed by atoms with Gasteiger partial charge < -0.3 is 10.6 Å². The van der Waals surface area contributed by atoms with Crippen molar-refractivity contribution in [3.05, 3.63) is 53.2 Å². The number of amides is 1. The average Bonchev–Trinajstić information content (AvgIpc) is 2.44. The van der Waals surface area contributed by atoms with Crippen LogP contribution >= 0.6 is 0 Å². The molecule has 0 radical (unpaired) electrons. The normalized spacial score (nSPS) is 10.1. The lowest BCUT2D eigenvalue weighted by Gasteiger charge is -2.07. The van der Waals surface area contributed by atoms with E-state index < -0.39 is 0 Å². The van der Waals surface area contributed by atoms with Gasteiger partial charge in [-0.2, -0.15) is 5.10 Å².